The molecule has 124 valence electrons. The molecule has 21 heavy (non-hydrogen) atoms. The Morgan fingerprint density at radius 3 is 2.24 bits per heavy atom. The zero-order valence-electron chi connectivity index (χ0n) is 14.6. The quantitative estimate of drug-likeness (QED) is 0.794. The van der Waals surface area contributed by atoms with Crippen molar-refractivity contribution in [1.29, 1.82) is 0 Å². The SMILES string of the molecule is C[C@@H]1[C@@H]2OC(C)(C)O[C@@H]2[C@@H](O[Si](C)(C)C(C)(C)C)CN1O. The molecule has 2 fully saturated rings. The second kappa shape index (κ2) is 5.28. The van der Waals surface area contributed by atoms with Gasteiger partial charge in [-0.05, 0) is 38.9 Å². The summed E-state index contributed by atoms with van der Waals surface area (Å²) in [4.78, 5) is 0. The van der Waals surface area contributed by atoms with Crippen molar-refractivity contribution in [3.05, 3.63) is 0 Å². The molecular formula is C15H31NO4Si. The van der Waals surface area contributed by atoms with Crippen molar-refractivity contribution in [3.63, 3.8) is 0 Å². The normalized spacial score (nSPS) is 37.6. The Balaban J connectivity index is 2.20. The first kappa shape index (κ1) is 17.4. The van der Waals surface area contributed by atoms with Crippen molar-refractivity contribution in [1.82, 2.24) is 5.06 Å². The first-order valence-electron chi connectivity index (χ1n) is 7.83. The van der Waals surface area contributed by atoms with Gasteiger partial charge in [0.05, 0.1) is 18.7 Å². The number of ether oxygens (including phenoxy) is 2. The maximum Gasteiger partial charge on any atom is 0.192 e. The number of hydrogen-bond donors (Lipinski definition) is 1. The summed E-state index contributed by atoms with van der Waals surface area (Å²) >= 11 is 0. The molecule has 6 heteroatoms. The van der Waals surface area contributed by atoms with Gasteiger partial charge in [0, 0.05) is 0 Å². The maximum atomic E-state index is 10.2. The lowest BCUT2D eigenvalue weighted by Crippen LogP contribution is -2.61. The van der Waals surface area contributed by atoms with E-state index in [1.165, 1.54) is 5.06 Å². The van der Waals surface area contributed by atoms with E-state index in [0.29, 0.717) is 6.54 Å². The van der Waals surface area contributed by atoms with Crippen LogP contribution >= 0.6 is 0 Å². The first-order valence-corrected chi connectivity index (χ1v) is 10.7. The molecule has 0 bridgehead atoms. The number of hydrogen-bond acceptors (Lipinski definition) is 5. The fourth-order valence-electron chi connectivity index (χ4n) is 2.76. The molecule has 0 aromatic rings. The van der Waals surface area contributed by atoms with Gasteiger partial charge in [-0.2, -0.15) is 5.06 Å². The van der Waals surface area contributed by atoms with Crippen LogP contribution in [0.3, 0.4) is 0 Å². The van der Waals surface area contributed by atoms with Crippen molar-refractivity contribution in [3.8, 4) is 0 Å². The van der Waals surface area contributed by atoms with Crippen molar-refractivity contribution in [2.75, 3.05) is 6.54 Å². The molecule has 5 nitrogen and oxygen atoms in total. The van der Waals surface area contributed by atoms with Crippen LogP contribution in [0.1, 0.15) is 41.5 Å². The minimum atomic E-state index is -1.92. The number of rotatable bonds is 2. The summed E-state index contributed by atoms with van der Waals surface area (Å²) in [5, 5.41) is 11.7. The van der Waals surface area contributed by atoms with Crippen LogP contribution in [0.15, 0.2) is 0 Å². The van der Waals surface area contributed by atoms with E-state index in [1.54, 1.807) is 0 Å². The number of hydroxylamine groups is 2. The van der Waals surface area contributed by atoms with Gasteiger partial charge >= 0.3 is 0 Å². The maximum absolute atomic E-state index is 10.2. The van der Waals surface area contributed by atoms with Crippen LogP contribution in [0, 0.1) is 0 Å². The van der Waals surface area contributed by atoms with Crippen LogP contribution in [0.4, 0.5) is 0 Å². The molecule has 0 aromatic heterocycles. The highest BCUT2D eigenvalue weighted by Gasteiger charge is 2.54. The van der Waals surface area contributed by atoms with Gasteiger partial charge in [-0.3, -0.25) is 0 Å². The van der Waals surface area contributed by atoms with E-state index in [1.807, 2.05) is 20.8 Å². The smallest absolute Gasteiger partial charge is 0.192 e. The number of fused-ring (bicyclic) bond motifs is 1. The molecule has 4 atom stereocenters. The standard InChI is InChI=1S/C15H31NO4Si/c1-10-12-13(19-15(5,6)18-12)11(9-16(10)17)20-21(7,8)14(2,3)4/h10-13,17H,9H2,1-8H3/t10-,11+,12+,13-/m1/s1. The van der Waals surface area contributed by atoms with Gasteiger partial charge in [0.2, 0.25) is 0 Å². The molecule has 0 radical (unpaired) electrons. The van der Waals surface area contributed by atoms with Gasteiger partial charge in [0.15, 0.2) is 14.1 Å². The molecule has 0 saturated carbocycles. The van der Waals surface area contributed by atoms with E-state index < -0.39 is 14.1 Å². The Labute approximate surface area is 129 Å². The van der Waals surface area contributed by atoms with Crippen LogP contribution in [-0.2, 0) is 13.9 Å². The van der Waals surface area contributed by atoms with Crippen LogP contribution in [0.5, 0.6) is 0 Å². The summed E-state index contributed by atoms with van der Waals surface area (Å²) in [6.07, 6.45) is -0.431. The Morgan fingerprint density at radius 1 is 1.19 bits per heavy atom. The van der Waals surface area contributed by atoms with Gasteiger partial charge in [-0.1, -0.05) is 20.8 Å². The van der Waals surface area contributed by atoms with E-state index in [2.05, 4.69) is 33.9 Å². The van der Waals surface area contributed by atoms with Crippen LogP contribution in [-0.4, -0.2) is 55.3 Å². The van der Waals surface area contributed by atoms with Crippen molar-refractivity contribution >= 4 is 8.32 Å². The van der Waals surface area contributed by atoms with Crippen molar-refractivity contribution < 1.29 is 19.1 Å². The largest absolute Gasteiger partial charge is 0.410 e. The van der Waals surface area contributed by atoms with Gasteiger partial charge in [-0.25, -0.2) is 0 Å². The monoisotopic (exact) mass is 317 g/mol. The lowest BCUT2D eigenvalue weighted by Gasteiger charge is -2.45. The average molecular weight is 318 g/mol. The predicted octanol–water partition coefficient (Wildman–Crippen LogP) is 2.99. The van der Waals surface area contributed by atoms with Gasteiger partial charge in [-0.15, -0.1) is 0 Å². The minimum absolute atomic E-state index is 0.0870. The Morgan fingerprint density at radius 2 is 1.71 bits per heavy atom. The molecule has 0 unspecified atom stereocenters. The lowest BCUT2D eigenvalue weighted by atomic mass is 9.97. The highest BCUT2D eigenvalue weighted by atomic mass is 28.4. The molecule has 0 spiro atoms. The second-order valence-corrected chi connectivity index (χ2v) is 13.1. The van der Waals surface area contributed by atoms with Crippen LogP contribution in [0.2, 0.25) is 18.1 Å². The average Bonchev–Trinajstić information content (AvgIpc) is 2.60. The second-order valence-electron chi connectivity index (χ2n) is 8.34. The minimum Gasteiger partial charge on any atom is -0.410 e. The number of piperidine rings is 1. The topological polar surface area (TPSA) is 51.2 Å². The third-order valence-electron chi connectivity index (χ3n) is 5.09. The fraction of sp³-hybridized carbons (Fsp3) is 1.00. The summed E-state index contributed by atoms with van der Waals surface area (Å²) in [5.74, 6) is -0.621. The van der Waals surface area contributed by atoms with E-state index >= 15 is 0 Å². The van der Waals surface area contributed by atoms with E-state index in [-0.39, 0.29) is 29.4 Å². The molecule has 2 aliphatic heterocycles. The summed E-state index contributed by atoms with van der Waals surface area (Å²) in [6, 6.07) is -0.0870. The summed E-state index contributed by atoms with van der Waals surface area (Å²) in [5.41, 5.74) is 0. The first-order chi connectivity index (χ1) is 9.34. The van der Waals surface area contributed by atoms with Crippen molar-refractivity contribution in [2.24, 2.45) is 0 Å². The van der Waals surface area contributed by atoms with Gasteiger partial charge in [0.25, 0.3) is 0 Å². The zero-order valence-corrected chi connectivity index (χ0v) is 15.6. The van der Waals surface area contributed by atoms with E-state index in [4.69, 9.17) is 13.9 Å². The third-order valence-corrected chi connectivity index (χ3v) is 9.60. The molecule has 0 aliphatic carbocycles. The summed E-state index contributed by atoms with van der Waals surface area (Å²) in [7, 11) is -1.92. The molecular weight excluding hydrogens is 286 g/mol. The lowest BCUT2D eigenvalue weighted by molar-refractivity contribution is -0.202. The highest BCUT2D eigenvalue weighted by Crippen LogP contribution is 2.42. The molecule has 2 aliphatic rings. The Bertz CT molecular complexity index is 394. The molecule has 0 aromatic carbocycles. The Kier molecular flexibility index (Phi) is 4.37. The molecule has 2 rings (SSSR count). The fourth-order valence-corrected chi connectivity index (χ4v) is 4.08. The summed E-state index contributed by atoms with van der Waals surface area (Å²) in [6.45, 7) is 17.4. The molecule has 1 N–H and O–H groups in total. The van der Waals surface area contributed by atoms with Gasteiger partial charge in [0.1, 0.15) is 12.2 Å². The molecule has 2 saturated heterocycles. The third kappa shape index (κ3) is 3.35. The van der Waals surface area contributed by atoms with Crippen LogP contribution in [0.25, 0.3) is 0 Å². The predicted molar refractivity (Wildman–Crippen MR) is 83.8 cm³/mol. The summed E-state index contributed by atoms with van der Waals surface area (Å²) < 4.78 is 18.6. The number of nitrogens with zero attached hydrogens (tertiary/aromatic N) is 1. The Hall–Kier alpha value is 0.0169. The highest BCUT2D eigenvalue weighted by molar-refractivity contribution is 6.74. The molecule has 0 amide bonds. The zero-order chi connectivity index (χ0) is 16.2. The van der Waals surface area contributed by atoms with E-state index in [0.717, 1.165) is 0 Å². The van der Waals surface area contributed by atoms with Crippen molar-refractivity contribution in [2.45, 2.75) is 89.8 Å². The molecule has 2 heterocycles. The van der Waals surface area contributed by atoms with E-state index in [9.17, 15) is 5.21 Å². The van der Waals surface area contributed by atoms with Gasteiger partial charge < -0.3 is 19.1 Å². The van der Waals surface area contributed by atoms with Crippen LogP contribution < -0.4 is 0 Å².